The van der Waals surface area contributed by atoms with E-state index >= 15 is 0 Å². The average Bonchev–Trinajstić information content (AvgIpc) is 3.22. The highest BCUT2D eigenvalue weighted by Gasteiger charge is 2.32. The van der Waals surface area contributed by atoms with Gasteiger partial charge >= 0.3 is 0 Å². The summed E-state index contributed by atoms with van der Waals surface area (Å²) in [5, 5.41) is 0.879. The fourth-order valence-corrected chi connectivity index (χ4v) is 5.85. The van der Waals surface area contributed by atoms with Gasteiger partial charge in [0, 0.05) is 22.9 Å². The molecule has 1 heterocycles. The lowest BCUT2D eigenvalue weighted by Gasteiger charge is -2.23. The van der Waals surface area contributed by atoms with Crippen molar-refractivity contribution in [2.45, 2.75) is 43.9 Å². The number of sulfonamides is 1. The van der Waals surface area contributed by atoms with Gasteiger partial charge in [-0.3, -0.25) is 4.79 Å². The van der Waals surface area contributed by atoms with Crippen molar-refractivity contribution in [1.82, 2.24) is 0 Å². The number of carbonyl (C=O) groups is 1. The Morgan fingerprint density at radius 1 is 0.939 bits per heavy atom. The van der Waals surface area contributed by atoms with Crippen LogP contribution in [0.15, 0.2) is 82.1 Å². The lowest BCUT2D eigenvalue weighted by Crippen LogP contribution is -2.37. The van der Waals surface area contributed by atoms with Crippen LogP contribution < -0.4 is 4.31 Å². The van der Waals surface area contributed by atoms with Crippen LogP contribution in [-0.2, 0) is 29.3 Å². The molecule has 0 N–H and O–H groups in total. The van der Waals surface area contributed by atoms with Crippen molar-refractivity contribution >= 4 is 32.6 Å². The van der Waals surface area contributed by atoms with Crippen LogP contribution in [0.1, 0.15) is 47.0 Å². The maximum Gasteiger partial charge on any atom is 0.272 e. The van der Waals surface area contributed by atoms with E-state index in [1.54, 1.807) is 72.8 Å². The minimum atomic E-state index is -4.15. The number of hydrogen-bond acceptors (Lipinski definition) is 4. The van der Waals surface area contributed by atoms with Gasteiger partial charge in [0.15, 0.2) is 0 Å². The Labute approximate surface area is 193 Å². The molecule has 6 heteroatoms. The number of nitrogens with zero attached hydrogens (tertiary/aromatic N) is 1. The maximum absolute atomic E-state index is 13.8. The molecular formula is C27H25NO4S. The third-order valence-corrected chi connectivity index (χ3v) is 7.97. The van der Waals surface area contributed by atoms with Crippen LogP contribution in [0.25, 0.3) is 11.0 Å². The molecule has 0 atom stereocenters. The van der Waals surface area contributed by atoms with E-state index in [4.69, 9.17) is 4.42 Å². The summed E-state index contributed by atoms with van der Waals surface area (Å²) < 4.78 is 34.5. The normalized spacial score (nSPS) is 13.6. The van der Waals surface area contributed by atoms with Gasteiger partial charge in [0.2, 0.25) is 0 Å². The fraction of sp³-hybridized carbons (Fsp3) is 0.222. The molecule has 0 saturated heterocycles. The SMILES string of the molecule is CCc1ccc(S(=O)(=O)N(C(=O)c2ccccc2)c2ccc3oc4c(c3c2)CCCC4)cc1. The summed E-state index contributed by atoms with van der Waals surface area (Å²) in [6, 6.07) is 20.4. The smallest absolute Gasteiger partial charge is 0.272 e. The lowest BCUT2D eigenvalue weighted by atomic mass is 9.96. The van der Waals surface area contributed by atoms with Crippen molar-refractivity contribution in [2.24, 2.45) is 0 Å². The number of fused-ring (bicyclic) bond motifs is 3. The average molecular weight is 460 g/mol. The first-order valence-electron chi connectivity index (χ1n) is 11.3. The van der Waals surface area contributed by atoms with Crippen LogP contribution in [0.4, 0.5) is 5.69 Å². The second-order valence-corrected chi connectivity index (χ2v) is 10.1. The third kappa shape index (κ3) is 3.85. The van der Waals surface area contributed by atoms with Crippen LogP contribution in [0.2, 0.25) is 0 Å². The number of rotatable bonds is 5. The molecule has 0 saturated carbocycles. The number of anilines is 1. The molecule has 0 radical (unpaired) electrons. The first-order chi connectivity index (χ1) is 16.0. The van der Waals surface area contributed by atoms with Gasteiger partial charge < -0.3 is 4.42 Å². The zero-order chi connectivity index (χ0) is 23.0. The molecular weight excluding hydrogens is 434 g/mol. The van der Waals surface area contributed by atoms with E-state index in [0.29, 0.717) is 11.3 Å². The fourth-order valence-electron chi connectivity index (χ4n) is 4.44. The first kappa shape index (κ1) is 21.5. The van der Waals surface area contributed by atoms with Gasteiger partial charge in [-0.1, -0.05) is 37.3 Å². The first-order valence-corrected chi connectivity index (χ1v) is 12.7. The minimum Gasteiger partial charge on any atom is -0.461 e. The summed E-state index contributed by atoms with van der Waals surface area (Å²) >= 11 is 0. The topological polar surface area (TPSA) is 67.6 Å². The summed E-state index contributed by atoms with van der Waals surface area (Å²) in [5.74, 6) is 0.374. The summed E-state index contributed by atoms with van der Waals surface area (Å²) in [5.41, 5.74) is 3.49. The van der Waals surface area contributed by atoms with Gasteiger partial charge in [0.05, 0.1) is 10.6 Å². The molecule has 1 amide bonds. The van der Waals surface area contributed by atoms with E-state index in [2.05, 4.69) is 0 Å². The molecule has 1 aromatic heterocycles. The Morgan fingerprint density at radius 2 is 1.67 bits per heavy atom. The molecule has 168 valence electrons. The Balaban J connectivity index is 1.67. The molecule has 0 bridgehead atoms. The third-order valence-electron chi connectivity index (χ3n) is 6.25. The number of benzene rings is 3. The van der Waals surface area contributed by atoms with E-state index in [0.717, 1.165) is 64.3 Å². The van der Waals surface area contributed by atoms with Crippen LogP contribution in [0.5, 0.6) is 0 Å². The van der Waals surface area contributed by atoms with Gasteiger partial charge in [-0.2, -0.15) is 4.31 Å². The summed E-state index contributed by atoms with van der Waals surface area (Å²) in [4.78, 5) is 13.7. The van der Waals surface area contributed by atoms with Crippen molar-refractivity contribution in [2.75, 3.05) is 4.31 Å². The number of amides is 1. The molecule has 0 spiro atoms. The van der Waals surface area contributed by atoms with Crippen LogP contribution in [-0.4, -0.2) is 14.3 Å². The molecule has 1 aliphatic carbocycles. The van der Waals surface area contributed by atoms with E-state index < -0.39 is 15.9 Å². The monoisotopic (exact) mass is 459 g/mol. The Kier molecular flexibility index (Phi) is 5.54. The molecule has 0 aliphatic heterocycles. The number of carbonyl (C=O) groups excluding carboxylic acids is 1. The van der Waals surface area contributed by atoms with Gasteiger partial charge in [0.25, 0.3) is 15.9 Å². The van der Waals surface area contributed by atoms with Gasteiger partial charge in [-0.25, -0.2) is 8.42 Å². The van der Waals surface area contributed by atoms with Crippen LogP contribution in [0, 0.1) is 0 Å². The number of furan rings is 1. The number of hydrogen-bond donors (Lipinski definition) is 0. The van der Waals surface area contributed by atoms with E-state index in [9.17, 15) is 13.2 Å². The van der Waals surface area contributed by atoms with Crippen molar-refractivity contribution in [1.29, 1.82) is 0 Å². The molecule has 1 aliphatic rings. The second-order valence-electron chi connectivity index (χ2n) is 8.33. The van der Waals surface area contributed by atoms with Gasteiger partial charge in [0.1, 0.15) is 11.3 Å². The molecule has 4 aromatic rings. The largest absolute Gasteiger partial charge is 0.461 e. The van der Waals surface area contributed by atoms with Crippen molar-refractivity contribution in [3.63, 3.8) is 0 Å². The van der Waals surface area contributed by atoms with E-state index in [1.807, 2.05) is 6.92 Å². The Morgan fingerprint density at radius 3 is 2.39 bits per heavy atom. The highest BCUT2D eigenvalue weighted by Crippen LogP contribution is 2.36. The second kappa shape index (κ2) is 8.52. The van der Waals surface area contributed by atoms with Crippen LogP contribution >= 0.6 is 0 Å². The summed E-state index contributed by atoms with van der Waals surface area (Å²) in [6.45, 7) is 2.01. The predicted molar refractivity (Wildman–Crippen MR) is 129 cm³/mol. The molecule has 0 fully saturated rings. The summed E-state index contributed by atoms with van der Waals surface area (Å²) in [6.07, 6.45) is 4.73. The van der Waals surface area contributed by atoms with Gasteiger partial charge in [-0.05, 0) is 73.7 Å². The molecule has 0 unspecified atom stereocenters. The lowest BCUT2D eigenvalue weighted by molar-refractivity contribution is 0.101. The molecule has 5 rings (SSSR count). The van der Waals surface area contributed by atoms with Crippen molar-refractivity contribution in [3.8, 4) is 0 Å². The quantitative estimate of drug-likeness (QED) is 0.372. The molecule has 5 nitrogen and oxygen atoms in total. The number of aryl methyl sites for hydroxylation is 3. The molecule has 33 heavy (non-hydrogen) atoms. The summed E-state index contributed by atoms with van der Waals surface area (Å²) in [7, 11) is -4.15. The van der Waals surface area contributed by atoms with Gasteiger partial charge in [-0.15, -0.1) is 0 Å². The van der Waals surface area contributed by atoms with Crippen molar-refractivity contribution in [3.05, 3.63) is 95.2 Å². The highest BCUT2D eigenvalue weighted by molar-refractivity contribution is 7.93. The predicted octanol–water partition coefficient (Wildman–Crippen LogP) is 5.91. The van der Waals surface area contributed by atoms with Crippen LogP contribution in [0.3, 0.4) is 0 Å². The highest BCUT2D eigenvalue weighted by atomic mass is 32.2. The van der Waals surface area contributed by atoms with E-state index in [1.165, 1.54) is 0 Å². The zero-order valence-electron chi connectivity index (χ0n) is 18.5. The zero-order valence-corrected chi connectivity index (χ0v) is 19.3. The standard InChI is InChI=1S/C27H25NO4S/c1-2-19-12-15-22(16-13-19)33(30,31)28(27(29)20-8-4-3-5-9-20)21-14-17-26-24(18-21)23-10-6-7-11-25(23)32-26/h3-5,8-9,12-18H,2,6-7,10-11H2,1H3. The Hall–Kier alpha value is -3.38. The molecule has 3 aromatic carbocycles. The van der Waals surface area contributed by atoms with Crippen molar-refractivity contribution < 1.29 is 17.6 Å². The maximum atomic E-state index is 13.8. The van der Waals surface area contributed by atoms with E-state index in [-0.39, 0.29) is 4.90 Å². The Bertz CT molecular complexity index is 1420. The minimum absolute atomic E-state index is 0.0818.